The minimum atomic E-state index is -0.425. The van der Waals surface area contributed by atoms with E-state index in [1.54, 1.807) is 30.3 Å². The van der Waals surface area contributed by atoms with Crippen LogP contribution in [0, 0.1) is 5.82 Å². The molecule has 0 spiro atoms. The van der Waals surface area contributed by atoms with Gasteiger partial charge >= 0.3 is 0 Å². The Balaban J connectivity index is 2.09. The molecule has 0 amide bonds. The highest BCUT2D eigenvalue weighted by Crippen LogP contribution is 2.23. The molecule has 0 fully saturated rings. The van der Waals surface area contributed by atoms with Crippen molar-refractivity contribution in [2.75, 3.05) is 11.1 Å². The number of benzene rings is 2. The minimum absolute atomic E-state index is 0.110. The maximum absolute atomic E-state index is 13.0. The number of nitrogens with one attached hydrogen (secondary N) is 1. The van der Waals surface area contributed by atoms with Crippen molar-refractivity contribution in [1.29, 1.82) is 0 Å². The molecule has 0 heterocycles. The lowest BCUT2D eigenvalue weighted by atomic mass is 10.2. The Bertz CT molecular complexity index is 573. The van der Waals surface area contributed by atoms with Gasteiger partial charge in [0.15, 0.2) is 0 Å². The molecule has 2 aromatic carbocycles. The molecule has 0 aliphatic rings. The number of nitrogen functional groups attached to an aromatic ring is 1. The van der Waals surface area contributed by atoms with Gasteiger partial charge in [-0.1, -0.05) is 29.3 Å². The molecule has 2 rings (SSSR count). The average Bonchev–Trinajstić information content (AvgIpc) is 2.32. The molecule has 94 valence electrons. The number of halogens is 3. The lowest BCUT2D eigenvalue weighted by Crippen LogP contribution is -2.02. The number of nitrogens with two attached hydrogens (primary N) is 1. The summed E-state index contributed by atoms with van der Waals surface area (Å²) >= 11 is 11.5. The van der Waals surface area contributed by atoms with Crippen LogP contribution in [0.15, 0.2) is 36.4 Å². The topological polar surface area (TPSA) is 38.0 Å². The summed E-state index contributed by atoms with van der Waals surface area (Å²) < 4.78 is 13.0. The van der Waals surface area contributed by atoms with Crippen molar-refractivity contribution in [3.05, 3.63) is 57.8 Å². The fourth-order valence-corrected chi connectivity index (χ4v) is 1.93. The van der Waals surface area contributed by atoms with Gasteiger partial charge in [0.05, 0.1) is 16.4 Å². The van der Waals surface area contributed by atoms with E-state index in [9.17, 15) is 4.39 Å². The van der Waals surface area contributed by atoms with Gasteiger partial charge in [-0.25, -0.2) is 4.39 Å². The first-order valence-corrected chi connectivity index (χ1v) is 6.04. The van der Waals surface area contributed by atoms with Crippen LogP contribution >= 0.6 is 23.2 Å². The van der Waals surface area contributed by atoms with Gasteiger partial charge in [-0.15, -0.1) is 0 Å². The quantitative estimate of drug-likeness (QED) is 0.824. The van der Waals surface area contributed by atoms with Crippen LogP contribution in [0.5, 0.6) is 0 Å². The molecule has 2 nitrogen and oxygen atoms in total. The van der Waals surface area contributed by atoms with Crippen molar-refractivity contribution < 1.29 is 4.39 Å². The second kappa shape index (κ2) is 5.46. The lowest BCUT2D eigenvalue weighted by Gasteiger charge is -2.10. The molecular formula is C13H11Cl2FN2. The first-order valence-electron chi connectivity index (χ1n) is 5.29. The Morgan fingerprint density at radius 1 is 1.11 bits per heavy atom. The summed E-state index contributed by atoms with van der Waals surface area (Å²) in [5.41, 5.74) is 8.02. The second-order valence-electron chi connectivity index (χ2n) is 3.83. The fraction of sp³-hybridized carbons (Fsp3) is 0.0769. The van der Waals surface area contributed by atoms with E-state index in [4.69, 9.17) is 28.9 Å². The van der Waals surface area contributed by atoms with Gasteiger partial charge < -0.3 is 11.1 Å². The van der Waals surface area contributed by atoms with E-state index >= 15 is 0 Å². The van der Waals surface area contributed by atoms with Crippen molar-refractivity contribution in [2.24, 2.45) is 0 Å². The van der Waals surface area contributed by atoms with Crippen LogP contribution < -0.4 is 11.1 Å². The average molecular weight is 285 g/mol. The van der Waals surface area contributed by atoms with Gasteiger partial charge in [-0.3, -0.25) is 0 Å². The molecule has 0 radical (unpaired) electrons. The SMILES string of the molecule is Nc1cc(Cl)ccc1NCc1ccc(F)c(Cl)c1. The smallest absolute Gasteiger partial charge is 0.141 e. The summed E-state index contributed by atoms with van der Waals surface area (Å²) in [6.07, 6.45) is 0. The molecule has 0 unspecified atom stereocenters. The van der Waals surface area contributed by atoms with Gasteiger partial charge in [0, 0.05) is 11.6 Å². The molecule has 0 aromatic heterocycles. The summed E-state index contributed by atoms with van der Waals surface area (Å²) in [5, 5.41) is 3.83. The maximum Gasteiger partial charge on any atom is 0.141 e. The Kier molecular flexibility index (Phi) is 3.94. The van der Waals surface area contributed by atoms with Crippen LogP contribution in [-0.4, -0.2) is 0 Å². The number of anilines is 2. The molecule has 0 saturated carbocycles. The van der Waals surface area contributed by atoms with E-state index in [2.05, 4.69) is 5.32 Å². The predicted octanol–water partition coefficient (Wildman–Crippen LogP) is 4.33. The zero-order valence-corrected chi connectivity index (χ0v) is 10.9. The van der Waals surface area contributed by atoms with E-state index < -0.39 is 5.82 Å². The van der Waals surface area contributed by atoms with Crippen LogP contribution in [0.3, 0.4) is 0 Å². The highest BCUT2D eigenvalue weighted by Gasteiger charge is 2.03. The molecule has 0 saturated heterocycles. The summed E-state index contributed by atoms with van der Waals surface area (Å²) in [5.74, 6) is -0.425. The van der Waals surface area contributed by atoms with Gasteiger partial charge in [-0.05, 0) is 35.9 Å². The first-order chi connectivity index (χ1) is 8.56. The number of rotatable bonds is 3. The van der Waals surface area contributed by atoms with Gasteiger partial charge in [0.1, 0.15) is 5.82 Å². The Morgan fingerprint density at radius 3 is 2.56 bits per heavy atom. The van der Waals surface area contributed by atoms with Crippen molar-refractivity contribution >= 4 is 34.6 Å². The highest BCUT2D eigenvalue weighted by molar-refractivity contribution is 6.31. The molecule has 3 N–H and O–H groups in total. The fourth-order valence-electron chi connectivity index (χ4n) is 1.54. The molecule has 0 aliphatic carbocycles. The number of hydrogen-bond donors (Lipinski definition) is 2. The predicted molar refractivity (Wildman–Crippen MR) is 74.6 cm³/mol. The van der Waals surface area contributed by atoms with E-state index in [-0.39, 0.29) is 5.02 Å². The summed E-state index contributed by atoms with van der Waals surface area (Å²) in [6.45, 7) is 0.506. The van der Waals surface area contributed by atoms with E-state index in [1.165, 1.54) is 6.07 Å². The molecule has 0 atom stereocenters. The maximum atomic E-state index is 13.0. The molecule has 0 bridgehead atoms. The molecular weight excluding hydrogens is 274 g/mol. The first kappa shape index (κ1) is 13.0. The van der Waals surface area contributed by atoms with Crippen molar-refractivity contribution in [3.8, 4) is 0 Å². The second-order valence-corrected chi connectivity index (χ2v) is 4.68. The normalized spacial score (nSPS) is 10.4. The lowest BCUT2D eigenvalue weighted by molar-refractivity contribution is 0.627. The highest BCUT2D eigenvalue weighted by atomic mass is 35.5. The zero-order valence-electron chi connectivity index (χ0n) is 9.38. The monoisotopic (exact) mass is 284 g/mol. The zero-order chi connectivity index (χ0) is 13.1. The third-order valence-electron chi connectivity index (χ3n) is 2.48. The number of hydrogen-bond acceptors (Lipinski definition) is 2. The van der Waals surface area contributed by atoms with Crippen molar-refractivity contribution in [2.45, 2.75) is 6.54 Å². The Hall–Kier alpha value is -1.45. The third-order valence-corrected chi connectivity index (χ3v) is 3.01. The van der Waals surface area contributed by atoms with Crippen LogP contribution in [-0.2, 0) is 6.54 Å². The van der Waals surface area contributed by atoms with Crippen molar-refractivity contribution in [3.63, 3.8) is 0 Å². The summed E-state index contributed by atoms with van der Waals surface area (Å²) in [4.78, 5) is 0. The van der Waals surface area contributed by atoms with Crippen LogP contribution in [0.4, 0.5) is 15.8 Å². The third kappa shape index (κ3) is 3.06. The van der Waals surface area contributed by atoms with Crippen LogP contribution in [0.1, 0.15) is 5.56 Å². The molecule has 0 aliphatic heterocycles. The molecule has 2 aromatic rings. The molecule has 18 heavy (non-hydrogen) atoms. The van der Waals surface area contributed by atoms with E-state index in [0.717, 1.165) is 11.3 Å². The van der Waals surface area contributed by atoms with Gasteiger partial charge in [-0.2, -0.15) is 0 Å². The van der Waals surface area contributed by atoms with Gasteiger partial charge in [0.2, 0.25) is 0 Å². The van der Waals surface area contributed by atoms with E-state index in [0.29, 0.717) is 17.3 Å². The minimum Gasteiger partial charge on any atom is -0.397 e. The van der Waals surface area contributed by atoms with Crippen LogP contribution in [0.25, 0.3) is 0 Å². The van der Waals surface area contributed by atoms with Crippen molar-refractivity contribution in [1.82, 2.24) is 0 Å². The molecule has 5 heteroatoms. The standard InChI is InChI=1S/C13H11Cl2FN2/c14-9-2-4-13(12(17)6-9)18-7-8-1-3-11(16)10(15)5-8/h1-6,18H,7,17H2. The Morgan fingerprint density at radius 2 is 1.89 bits per heavy atom. The largest absolute Gasteiger partial charge is 0.397 e. The van der Waals surface area contributed by atoms with Gasteiger partial charge in [0.25, 0.3) is 0 Å². The summed E-state index contributed by atoms with van der Waals surface area (Å²) in [7, 11) is 0. The Labute approximate surface area is 115 Å². The summed E-state index contributed by atoms with van der Waals surface area (Å²) in [6, 6.07) is 9.79. The van der Waals surface area contributed by atoms with Crippen LogP contribution in [0.2, 0.25) is 10.0 Å². The van der Waals surface area contributed by atoms with E-state index in [1.807, 2.05) is 0 Å².